The average molecular weight is 608 g/mol. The minimum atomic E-state index is -1.68. The van der Waals surface area contributed by atoms with Crippen molar-refractivity contribution in [1.29, 1.82) is 0 Å². The molecule has 0 radical (unpaired) electrons. The van der Waals surface area contributed by atoms with Crippen molar-refractivity contribution >= 4 is 45.3 Å². The number of benzene rings is 3. The van der Waals surface area contributed by atoms with Gasteiger partial charge in [-0.25, -0.2) is 19.6 Å². The molecule has 1 saturated heterocycles. The lowest BCUT2D eigenvalue weighted by molar-refractivity contribution is -0.163. The van der Waals surface area contributed by atoms with Gasteiger partial charge < -0.3 is 9.47 Å². The minimum Gasteiger partial charge on any atom is -0.461 e. The van der Waals surface area contributed by atoms with Crippen molar-refractivity contribution in [3.05, 3.63) is 94.5 Å². The number of hydrogen-bond acceptors (Lipinski definition) is 7. The molecule has 9 heteroatoms. The van der Waals surface area contributed by atoms with Crippen LogP contribution in [0.25, 0.3) is 0 Å². The minimum absolute atomic E-state index is 0.336. The highest BCUT2D eigenvalue weighted by atomic mass is 79.9. The van der Waals surface area contributed by atoms with Crippen molar-refractivity contribution in [3.63, 3.8) is 0 Å². The summed E-state index contributed by atoms with van der Waals surface area (Å²) in [7, 11) is 0. The summed E-state index contributed by atoms with van der Waals surface area (Å²) in [5, 5.41) is 1.58. The molecule has 0 N–H and O–H groups in total. The summed E-state index contributed by atoms with van der Waals surface area (Å²) in [6.07, 6.45) is -2.69. The Hall–Kier alpha value is -3.69. The molecule has 0 unspecified atom stereocenters. The van der Waals surface area contributed by atoms with Gasteiger partial charge in [0.1, 0.15) is 17.1 Å². The summed E-state index contributed by atoms with van der Waals surface area (Å²) in [5.41, 5.74) is -0.400. The summed E-state index contributed by atoms with van der Waals surface area (Å²) in [5.74, 6) is -1.33. The number of hydroxylamine groups is 1. The number of amides is 2. The fourth-order valence-electron chi connectivity index (χ4n) is 5.40. The van der Waals surface area contributed by atoms with Crippen LogP contribution in [-0.4, -0.2) is 35.8 Å². The van der Waals surface area contributed by atoms with Gasteiger partial charge in [-0.15, -0.1) is 0 Å². The maximum atomic E-state index is 14.9. The van der Waals surface area contributed by atoms with Crippen LogP contribution in [0.3, 0.4) is 0 Å². The Morgan fingerprint density at radius 1 is 0.975 bits per heavy atom. The Bertz CT molecular complexity index is 1450. The highest BCUT2D eigenvalue weighted by Gasteiger charge is 2.71. The molecule has 1 spiro atoms. The Morgan fingerprint density at radius 2 is 1.65 bits per heavy atom. The SMILES string of the molecule is CC(C)OC(=O)[C@@H]1ON(c2ccccc2)[C@H](c2cccc(Br)c2)[C@@]12C(=O)N(C(=O)OC(C)(C)C)c1ccccc12. The zero-order chi connectivity index (χ0) is 28.8. The van der Waals surface area contributed by atoms with Gasteiger partial charge in [-0.3, -0.25) is 9.63 Å². The van der Waals surface area contributed by atoms with E-state index in [0.29, 0.717) is 22.5 Å². The van der Waals surface area contributed by atoms with Gasteiger partial charge in [0, 0.05) is 4.47 Å². The molecule has 3 atom stereocenters. The predicted molar refractivity (Wildman–Crippen MR) is 154 cm³/mol. The number of ether oxygens (including phenoxy) is 2. The van der Waals surface area contributed by atoms with Crippen LogP contribution >= 0.6 is 15.9 Å². The van der Waals surface area contributed by atoms with Crippen LogP contribution < -0.4 is 9.96 Å². The lowest BCUT2D eigenvalue weighted by atomic mass is 9.69. The van der Waals surface area contributed by atoms with Crippen LogP contribution in [0.5, 0.6) is 0 Å². The van der Waals surface area contributed by atoms with Crippen molar-refractivity contribution in [1.82, 2.24) is 0 Å². The lowest BCUT2D eigenvalue weighted by Crippen LogP contribution is -2.54. The van der Waals surface area contributed by atoms with Crippen LogP contribution in [0.1, 0.15) is 51.8 Å². The molecular formula is C31H31BrN2O6. The van der Waals surface area contributed by atoms with Crippen molar-refractivity contribution in [2.45, 2.75) is 63.9 Å². The van der Waals surface area contributed by atoms with E-state index in [9.17, 15) is 14.4 Å². The van der Waals surface area contributed by atoms with E-state index < -0.39 is 47.2 Å². The van der Waals surface area contributed by atoms with Gasteiger partial charge in [0.2, 0.25) is 6.10 Å². The summed E-state index contributed by atoms with van der Waals surface area (Å²) in [6.45, 7) is 8.66. The standard InChI is InChI=1S/C31H31BrN2O6/c1-19(2)38-27(35)26-31(23-16-9-10-17-24(23)33(28(31)36)29(37)39-30(3,4)5)25(20-12-11-13-21(32)18-20)34(40-26)22-14-7-6-8-15-22/h6-19,25-26H,1-5H3/t25-,26+,31-/m1/s1. The maximum Gasteiger partial charge on any atom is 0.421 e. The highest BCUT2D eigenvalue weighted by Crippen LogP contribution is 2.59. The van der Waals surface area contributed by atoms with Gasteiger partial charge in [0.15, 0.2) is 0 Å². The zero-order valence-electron chi connectivity index (χ0n) is 23.0. The number of fused-ring (bicyclic) bond motifs is 2. The van der Waals surface area contributed by atoms with Crippen molar-refractivity contribution in [2.24, 2.45) is 0 Å². The predicted octanol–water partition coefficient (Wildman–Crippen LogP) is 6.48. The quantitative estimate of drug-likeness (QED) is 0.314. The summed E-state index contributed by atoms with van der Waals surface area (Å²) >= 11 is 3.55. The van der Waals surface area contributed by atoms with Crippen molar-refractivity contribution in [3.8, 4) is 0 Å². The van der Waals surface area contributed by atoms with E-state index in [1.807, 2.05) is 54.6 Å². The molecule has 0 bridgehead atoms. The van der Waals surface area contributed by atoms with Gasteiger partial charge >= 0.3 is 12.1 Å². The summed E-state index contributed by atoms with van der Waals surface area (Å²) < 4.78 is 12.1. The molecule has 3 aromatic carbocycles. The molecule has 2 heterocycles. The Balaban J connectivity index is 1.81. The first kappa shape index (κ1) is 27.9. The monoisotopic (exact) mass is 606 g/mol. The van der Waals surface area contributed by atoms with E-state index in [4.69, 9.17) is 14.3 Å². The number of para-hydroxylation sites is 2. The highest BCUT2D eigenvalue weighted by molar-refractivity contribution is 9.10. The van der Waals surface area contributed by atoms with Gasteiger partial charge in [-0.2, -0.15) is 0 Å². The number of halogens is 1. The molecule has 0 saturated carbocycles. The van der Waals surface area contributed by atoms with Crippen LogP contribution in [0.4, 0.5) is 16.2 Å². The molecule has 5 rings (SSSR count). The normalized spacial score (nSPS) is 22.1. The third-order valence-corrected chi connectivity index (χ3v) is 7.26. The second-order valence-electron chi connectivity index (χ2n) is 11.1. The number of imide groups is 1. The first-order valence-corrected chi connectivity index (χ1v) is 13.9. The van der Waals surface area contributed by atoms with Gasteiger partial charge in [-0.05, 0) is 76.1 Å². The summed E-state index contributed by atoms with van der Waals surface area (Å²) in [6, 6.07) is 22.8. The molecule has 2 aliphatic heterocycles. The van der Waals surface area contributed by atoms with E-state index in [2.05, 4.69) is 15.9 Å². The number of nitrogens with zero attached hydrogens (tertiary/aromatic N) is 2. The smallest absolute Gasteiger partial charge is 0.421 e. The van der Waals surface area contributed by atoms with Crippen LogP contribution in [-0.2, 0) is 29.3 Å². The van der Waals surface area contributed by atoms with E-state index in [0.717, 1.165) is 9.37 Å². The van der Waals surface area contributed by atoms with Crippen LogP contribution in [0.15, 0.2) is 83.3 Å². The van der Waals surface area contributed by atoms with E-state index >= 15 is 0 Å². The van der Waals surface area contributed by atoms with Crippen molar-refractivity contribution < 1.29 is 28.7 Å². The Morgan fingerprint density at radius 3 is 2.30 bits per heavy atom. The van der Waals surface area contributed by atoms with Crippen molar-refractivity contribution in [2.75, 3.05) is 9.96 Å². The number of rotatable bonds is 4. The first-order valence-electron chi connectivity index (χ1n) is 13.1. The summed E-state index contributed by atoms with van der Waals surface area (Å²) in [4.78, 5) is 49.8. The second-order valence-corrected chi connectivity index (χ2v) is 12.0. The van der Waals surface area contributed by atoms with E-state index in [1.165, 1.54) is 0 Å². The molecule has 1 fully saturated rings. The average Bonchev–Trinajstić information content (AvgIpc) is 3.37. The number of carbonyl (C=O) groups excluding carboxylic acids is 3. The first-order chi connectivity index (χ1) is 18.9. The van der Waals surface area contributed by atoms with Gasteiger partial charge in [-0.1, -0.05) is 64.5 Å². The largest absolute Gasteiger partial charge is 0.461 e. The third-order valence-electron chi connectivity index (χ3n) is 6.76. The number of carbonyl (C=O) groups is 3. The molecule has 2 aliphatic rings. The molecule has 0 aromatic heterocycles. The van der Waals surface area contributed by atoms with Gasteiger partial charge in [0.05, 0.1) is 17.5 Å². The number of hydrogen-bond donors (Lipinski definition) is 0. The third kappa shape index (κ3) is 4.67. The van der Waals surface area contributed by atoms with E-state index in [-0.39, 0.29) is 0 Å². The fraction of sp³-hybridized carbons (Fsp3) is 0.323. The maximum absolute atomic E-state index is 14.9. The second kappa shape index (κ2) is 10.4. The molecule has 2 amide bonds. The molecule has 3 aromatic rings. The topological polar surface area (TPSA) is 85.4 Å². The van der Waals surface area contributed by atoms with E-state index in [1.54, 1.807) is 63.9 Å². The Labute approximate surface area is 241 Å². The number of esters is 1. The van der Waals surface area contributed by atoms with Crippen LogP contribution in [0, 0.1) is 0 Å². The lowest BCUT2D eigenvalue weighted by Gasteiger charge is -2.34. The molecule has 208 valence electrons. The van der Waals surface area contributed by atoms with Crippen LogP contribution in [0.2, 0.25) is 0 Å². The van der Waals surface area contributed by atoms with Gasteiger partial charge in [0.25, 0.3) is 5.91 Å². The zero-order valence-corrected chi connectivity index (χ0v) is 24.5. The molecule has 0 aliphatic carbocycles. The number of anilines is 2. The molecular weight excluding hydrogens is 576 g/mol. The fourth-order valence-corrected chi connectivity index (χ4v) is 5.82. The Kier molecular flexibility index (Phi) is 7.22. The molecule has 8 nitrogen and oxygen atoms in total. The molecule has 40 heavy (non-hydrogen) atoms.